The molecule has 1 fully saturated rings. The molecule has 2 amide bonds. The summed E-state index contributed by atoms with van der Waals surface area (Å²) in [6, 6.07) is 13.2. The van der Waals surface area contributed by atoms with Crippen LogP contribution in [0.1, 0.15) is 45.7 Å². The molecule has 1 aliphatic heterocycles. The SMILES string of the molecule is COc1ccc(CCC(=O)N2CCCC2c2nnc(C(=O)Nc3cccc(F)c3)s2)cc1. The van der Waals surface area contributed by atoms with Crippen LogP contribution in [0.4, 0.5) is 10.1 Å². The Balaban J connectivity index is 1.38. The number of carbonyl (C=O) groups excluding carboxylic acids is 2. The lowest BCUT2D eigenvalue weighted by Gasteiger charge is -2.22. The zero-order chi connectivity index (χ0) is 22.5. The maximum atomic E-state index is 13.3. The number of hydrogen-bond acceptors (Lipinski definition) is 6. The highest BCUT2D eigenvalue weighted by Crippen LogP contribution is 2.34. The summed E-state index contributed by atoms with van der Waals surface area (Å²) in [4.78, 5) is 27.2. The van der Waals surface area contributed by atoms with Crippen LogP contribution < -0.4 is 10.1 Å². The Bertz CT molecular complexity index is 1100. The third-order valence-electron chi connectivity index (χ3n) is 5.36. The van der Waals surface area contributed by atoms with Gasteiger partial charge in [-0.1, -0.05) is 29.5 Å². The number of benzene rings is 2. The van der Waals surface area contributed by atoms with Gasteiger partial charge in [-0.3, -0.25) is 9.59 Å². The molecule has 4 rings (SSSR count). The fourth-order valence-electron chi connectivity index (χ4n) is 3.72. The van der Waals surface area contributed by atoms with Crippen LogP contribution in [0.3, 0.4) is 0 Å². The Morgan fingerprint density at radius 3 is 2.78 bits per heavy atom. The minimum Gasteiger partial charge on any atom is -0.497 e. The molecule has 166 valence electrons. The normalized spacial score (nSPS) is 15.6. The average molecular weight is 455 g/mol. The molecule has 0 aliphatic carbocycles. The number of anilines is 1. The molecule has 9 heteroatoms. The molecular formula is C23H23FN4O3S. The number of nitrogens with one attached hydrogen (secondary N) is 1. The molecule has 32 heavy (non-hydrogen) atoms. The van der Waals surface area contributed by atoms with Crippen LogP contribution in [0.15, 0.2) is 48.5 Å². The molecule has 0 spiro atoms. The number of amides is 2. The van der Waals surface area contributed by atoms with Crippen molar-refractivity contribution in [3.63, 3.8) is 0 Å². The Hall–Kier alpha value is -3.33. The van der Waals surface area contributed by atoms with Crippen molar-refractivity contribution in [2.75, 3.05) is 19.0 Å². The summed E-state index contributed by atoms with van der Waals surface area (Å²) in [7, 11) is 1.62. The maximum absolute atomic E-state index is 13.3. The van der Waals surface area contributed by atoms with Crippen molar-refractivity contribution in [1.29, 1.82) is 0 Å². The Labute approximate surface area is 189 Å². The first kappa shape index (κ1) is 21.9. The number of hydrogen-bond donors (Lipinski definition) is 1. The van der Waals surface area contributed by atoms with Crippen molar-refractivity contribution in [3.8, 4) is 5.75 Å². The Morgan fingerprint density at radius 1 is 1.22 bits per heavy atom. The van der Waals surface area contributed by atoms with Crippen LogP contribution in [0.5, 0.6) is 5.75 Å². The molecule has 2 aromatic carbocycles. The minimum absolute atomic E-state index is 0.0595. The maximum Gasteiger partial charge on any atom is 0.286 e. The van der Waals surface area contributed by atoms with E-state index in [9.17, 15) is 14.0 Å². The quantitative estimate of drug-likeness (QED) is 0.577. The van der Waals surface area contributed by atoms with Gasteiger partial charge in [0.1, 0.15) is 16.6 Å². The Morgan fingerprint density at radius 2 is 2.03 bits per heavy atom. The number of carbonyl (C=O) groups is 2. The number of methoxy groups -OCH3 is 1. The fraction of sp³-hybridized carbons (Fsp3) is 0.304. The third kappa shape index (κ3) is 5.11. The molecule has 1 N–H and O–H groups in total. The van der Waals surface area contributed by atoms with E-state index in [1.807, 2.05) is 29.2 Å². The molecule has 2 heterocycles. The molecule has 0 bridgehead atoms. The number of ether oxygens (including phenoxy) is 1. The van der Waals surface area contributed by atoms with E-state index in [4.69, 9.17) is 4.74 Å². The van der Waals surface area contributed by atoms with Gasteiger partial charge in [0, 0.05) is 18.7 Å². The van der Waals surface area contributed by atoms with Crippen molar-refractivity contribution >= 4 is 28.8 Å². The molecular weight excluding hydrogens is 431 g/mol. The van der Waals surface area contributed by atoms with Gasteiger partial charge >= 0.3 is 0 Å². The summed E-state index contributed by atoms with van der Waals surface area (Å²) in [6.45, 7) is 0.663. The van der Waals surface area contributed by atoms with E-state index in [0.717, 1.165) is 24.2 Å². The number of likely N-dealkylation sites (tertiary alicyclic amines) is 1. The van der Waals surface area contributed by atoms with Gasteiger partial charge < -0.3 is 15.0 Å². The van der Waals surface area contributed by atoms with E-state index in [2.05, 4.69) is 15.5 Å². The number of aromatic nitrogens is 2. The lowest BCUT2D eigenvalue weighted by molar-refractivity contribution is -0.132. The van der Waals surface area contributed by atoms with Crippen molar-refractivity contribution in [2.24, 2.45) is 0 Å². The molecule has 1 unspecified atom stereocenters. The van der Waals surface area contributed by atoms with Gasteiger partial charge in [-0.25, -0.2) is 4.39 Å². The van der Waals surface area contributed by atoms with Crippen molar-refractivity contribution in [1.82, 2.24) is 15.1 Å². The van der Waals surface area contributed by atoms with Crippen molar-refractivity contribution in [3.05, 3.63) is 69.9 Å². The molecule has 0 radical (unpaired) electrons. The summed E-state index contributed by atoms with van der Waals surface area (Å²) in [6.07, 6.45) is 2.70. The zero-order valence-corrected chi connectivity index (χ0v) is 18.4. The van der Waals surface area contributed by atoms with Gasteiger partial charge in [0.2, 0.25) is 10.9 Å². The lowest BCUT2D eigenvalue weighted by Crippen LogP contribution is -2.30. The highest BCUT2D eigenvalue weighted by atomic mass is 32.1. The van der Waals surface area contributed by atoms with Crippen molar-refractivity contribution < 1.29 is 18.7 Å². The van der Waals surface area contributed by atoms with Crippen molar-refractivity contribution in [2.45, 2.75) is 31.7 Å². The summed E-state index contributed by atoms with van der Waals surface area (Å²) in [5.41, 5.74) is 1.42. The summed E-state index contributed by atoms with van der Waals surface area (Å²) in [5.74, 6) is -0.0392. The molecule has 1 aliphatic rings. The number of rotatable bonds is 7. The van der Waals surface area contributed by atoms with Crippen LogP contribution in [0, 0.1) is 5.82 Å². The highest BCUT2D eigenvalue weighted by molar-refractivity contribution is 7.13. The number of halogens is 1. The standard InChI is InChI=1S/C23H23FN4O3S/c1-31-18-10-7-15(8-11-18)9-12-20(29)28-13-3-6-19(28)22-26-27-23(32-22)21(30)25-17-5-2-4-16(24)14-17/h2,4-5,7-8,10-11,14,19H,3,6,9,12-13H2,1H3,(H,25,30). The van der Waals surface area contributed by atoms with E-state index in [-0.39, 0.29) is 17.0 Å². The van der Waals surface area contributed by atoms with Gasteiger partial charge in [0.05, 0.1) is 13.2 Å². The first-order chi connectivity index (χ1) is 15.5. The summed E-state index contributed by atoms with van der Waals surface area (Å²) < 4.78 is 18.5. The first-order valence-electron chi connectivity index (χ1n) is 10.4. The fourth-order valence-corrected chi connectivity index (χ4v) is 4.61. The Kier molecular flexibility index (Phi) is 6.75. The number of nitrogens with zero attached hydrogens (tertiary/aromatic N) is 3. The summed E-state index contributed by atoms with van der Waals surface area (Å²) in [5, 5.41) is 11.6. The zero-order valence-electron chi connectivity index (χ0n) is 17.6. The van der Waals surface area contributed by atoms with Gasteiger partial charge in [-0.2, -0.15) is 0 Å². The second-order valence-electron chi connectivity index (χ2n) is 7.50. The van der Waals surface area contributed by atoms with E-state index in [1.54, 1.807) is 13.2 Å². The molecule has 1 atom stereocenters. The van der Waals surface area contributed by atoms with E-state index < -0.39 is 11.7 Å². The van der Waals surface area contributed by atoms with Crippen LogP contribution in [-0.4, -0.2) is 40.6 Å². The van der Waals surface area contributed by atoms with Gasteiger partial charge in [-0.15, -0.1) is 10.2 Å². The highest BCUT2D eigenvalue weighted by Gasteiger charge is 2.32. The predicted octanol–water partition coefficient (Wildman–Crippen LogP) is 4.23. The minimum atomic E-state index is -0.449. The largest absolute Gasteiger partial charge is 0.497 e. The van der Waals surface area contributed by atoms with E-state index in [0.29, 0.717) is 30.1 Å². The molecule has 7 nitrogen and oxygen atoms in total. The van der Waals surface area contributed by atoms with Gasteiger partial charge in [-0.05, 0) is 55.2 Å². The lowest BCUT2D eigenvalue weighted by atomic mass is 10.1. The van der Waals surface area contributed by atoms with Gasteiger partial charge in [0.15, 0.2) is 0 Å². The van der Waals surface area contributed by atoms with Crippen LogP contribution >= 0.6 is 11.3 Å². The van der Waals surface area contributed by atoms with Gasteiger partial charge in [0.25, 0.3) is 5.91 Å². The van der Waals surface area contributed by atoms with Crippen LogP contribution in [-0.2, 0) is 11.2 Å². The van der Waals surface area contributed by atoms with Crippen LogP contribution in [0.2, 0.25) is 0 Å². The molecule has 1 aromatic heterocycles. The van der Waals surface area contributed by atoms with Crippen LogP contribution in [0.25, 0.3) is 0 Å². The topological polar surface area (TPSA) is 84.4 Å². The first-order valence-corrected chi connectivity index (χ1v) is 11.2. The molecule has 1 saturated heterocycles. The third-order valence-corrected chi connectivity index (χ3v) is 6.39. The van der Waals surface area contributed by atoms with E-state index >= 15 is 0 Å². The van der Waals surface area contributed by atoms with E-state index in [1.165, 1.54) is 29.5 Å². The number of aryl methyl sites for hydroxylation is 1. The monoisotopic (exact) mass is 454 g/mol. The summed E-state index contributed by atoms with van der Waals surface area (Å²) >= 11 is 1.17. The predicted molar refractivity (Wildman–Crippen MR) is 119 cm³/mol. The smallest absolute Gasteiger partial charge is 0.286 e. The second kappa shape index (κ2) is 9.86. The second-order valence-corrected chi connectivity index (χ2v) is 8.51. The average Bonchev–Trinajstić information content (AvgIpc) is 3.47. The molecule has 3 aromatic rings. The molecule has 0 saturated carbocycles.